The molecule has 0 radical (unpaired) electrons. The van der Waals surface area contributed by atoms with Gasteiger partial charge in [0.05, 0.1) is 17.4 Å². The first-order valence-corrected chi connectivity index (χ1v) is 6.08. The summed E-state index contributed by atoms with van der Waals surface area (Å²) in [5.41, 5.74) is 1.30. The van der Waals surface area contributed by atoms with Crippen LogP contribution in [0.1, 0.15) is 10.4 Å². The molecule has 0 spiro atoms. The minimum Gasteiger partial charge on any atom is -0.486 e. The molecule has 1 aliphatic heterocycles. The molecule has 0 amide bonds. The van der Waals surface area contributed by atoms with E-state index in [4.69, 9.17) is 14.6 Å². The number of ether oxygens (including phenoxy) is 2. The van der Waals surface area contributed by atoms with Crippen LogP contribution in [-0.2, 0) is 0 Å². The molecular weight excluding hydrogens is 260 g/mol. The standard InChI is InChI=1S/C14H12N2O4/c17-14(18)10-3-4-15-8-11(10)16-9-1-2-12-13(7-9)20-6-5-19-12/h1-4,7-8,16H,5-6H2,(H,17,18). The average Bonchev–Trinajstić information content (AvgIpc) is 2.47. The second-order valence-electron chi connectivity index (χ2n) is 4.21. The number of benzene rings is 1. The number of nitrogens with zero attached hydrogens (tertiary/aromatic N) is 1. The van der Waals surface area contributed by atoms with Crippen molar-refractivity contribution in [3.05, 3.63) is 42.2 Å². The van der Waals surface area contributed by atoms with Crippen molar-refractivity contribution in [3.63, 3.8) is 0 Å². The number of rotatable bonds is 3. The lowest BCUT2D eigenvalue weighted by Gasteiger charge is -2.19. The van der Waals surface area contributed by atoms with Crippen molar-refractivity contribution in [1.29, 1.82) is 0 Å². The molecular formula is C14H12N2O4. The number of hydrogen-bond acceptors (Lipinski definition) is 5. The second kappa shape index (κ2) is 5.08. The molecule has 102 valence electrons. The van der Waals surface area contributed by atoms with Crippen molar-refractivity contribution < 1.29 is 19.4 Å². The van der Waals surface area contributed by atoms with Crippen LogP contribution in [0, 0.1) is 0 Å². The van der Waals surface area contributed by atoms with Gasteiger partial charge in [-0.1, -0.05) is 0 Å². The molecule has 0 fully saturated rings. The Kier molecular flexibility index (Phi) is 3.12. The first-order valence-electron chi connectivity index (χ1n) is 6.08. The fraction of sp³-hybridized carbons (Fsp3) is 0.143. The first-order chi connectivity index (χ1) is 9.74. The van der Waals surface area contributed by atoms with Gasteiger partial charge in [-0.15, -0.1) is 0 Å². The highest BCUT2D eigenvalue weighted by Crippen LogP contribution is 2.33. The maximum atomic E-state index is 11.1. The van der Waals surface area contributed by atoms with Crippen molar-refractivity contribution in [2.75, 3.05) is 18.5 Å². The Morgan fingerprint density at radius 1 is 1.20 bits per heavy atom. The van der Waals surface area contributed by atoms with Gasteiger partial charge in [0.25, 0.3) is 0 Å². The lowest BCUT2D eigenvalue weighted by atomic mass is 10.2. The van der Waals surface area contributed by atoms with Gasteiger partial charge in [0, 0.05) is 18.0 Å². The van der Waals surface area contributed by atoms with Gasteiger partial charge < -0.3 is 19.9 Å². The van der Waals surface area contributed by atoms with Crippen molar-refractivity contribution in [2.45, 2.75) is 0 Å². The first kappa shape index (κ1) is 12.3. The number of fused-ring (bicyclic) bond motifs is 1. The Balaban J connectivity index is 1.90. The molecule has 1 aromatic carbocycles. The molecule has 3 rings (SSSR count). The number of nitrogens with one attached hydrogen (secondary N) is 1. The third-order valence-electron chi connectivity index (χ3n) is 2.87. The van der Waals surface area contributed by atoms with Crippen LogP contribution in [0.25, 0.3) is 0 Å². The van der Waals surface area contributed by atoms with Gasteiger partial charge >= 0.3 is 5.97 Å². The highest BCUT2D eigenvalue weighted by molar-refractivity contribution is 5.94. The van der Waals surface area contributed by atoms with Crippen molar-refractivity contribution in [2.24, 2.45) is 0 Å². The van der Waals surface area contributed by atoms with Gasteiger partial charge in [-0.25, -0.2) is 4.79 Å². The SMILES string of the molecule is O=C(O)c1ccncc1Nc1ccc2c(c1)OCCO2. The molecule has 0 aliphatic carbocycles. The molecule has 2 heterocycles. The molecule has 2 N–H and O–H groups in total. The van der Waals surface area contributed by atoms with Crippen LogP contribution in [-0.4, -0.2) is 29.3 Å². The normalized spacial score (nSPS) is 12.8. The van der Waals surface area contributed by atoms with E-state index in [1.807, 2.05) is 0 Å². The monoisotopic (exact) mass is 272 g/mol. The minimum absolute atomic E-state index is 0.162. The van der Waals surface area contributed by atoms with Gasteiger partial charge in [0.15, 0.2) is 11.5 Å². The molecule has 1 aliphatic rings. The summed E-state index contributed by atoms with van der Waals surface area (Å²) in [5.74, 6) is 0.320. The zero-order valence-corrected chi connectivity index (χ0v) is 10.5. The Hall–Kier alpha value is -2.76. The smallest absolute Gasteiger partial charge is 0.337 e. The maximum absolute atomic E-state index is 11.1. The lowest BCUT2D eigenvalue weighted by Crippen LogP contribution is -2.15. The number of pyridine rings is 1. The summed E-state index contributed by atoms with van der Waals surface area (Å²) < 4.78 is 10.9. The number of carboxylic acids is 1. The number of hydrogen-bond donors (Lipinski definition) is 2. The van der Waals surface area contributed by atoms with Gasteiger partial charge in [0.2, 0.25) is 0 Å². The zero-order valence-electron chi connectivity index (χ0n) is 10.5. The van der Waals surface area contributed by atoms with Gasteiger partial charge in [-0.2, -0.15) is 0 Å². The summed E-state index contributed by atoms with van der Waals surface area (Å²) in [6.45, 7) is 1.04. The quantitative estimate of drug-likeness (QED) is 0.892. The van der Waals surface area contributed by atoms with Crippen LogP contribution in [0.2, 0.25) is 0 Å². The largest absolute Gasteiger partial charge is 0.486 e. The lowest BCUT2D eigenvalue weighted by molar-refractivity contribution is 0.0698. The van der Waals surface area contributed by atoms with Gasteiger partial charge in [-0.3, -0.25) is 4.98 Å². The zero-order chi connectivity index (χ0) is 13.9. The number of anilines is 2. The van der Waals surface area contributed by atoms with Crippen LogP contribution >= 0.6 is 0 Å². The van der Waals surface area contributed by atoms with Crippen molar-refractivity contribution in [1.82, 2.24) is 4.98 Å². The highest BCUT2D eigenvalue weighted by Gasteiger charge is 2.13. The summed E-state index contributed by atoms with van der Waals surface area (Å²) in [6, 6.07) is 6.80. The third kappa shape index (κ3) is 2.35. The molecule has 0 unspecified atom stereocenters. The average molecular weight is 272 g/mol. The molecule has 0 atom stereocenters. The maximum Gasteiger partial charge on any atom is 0.337 e. The van der Waals surface area contributed by atoms with Crippen molar-refractivity contribution in [3.8, 4) is 11.5 Å². The highest BCUT2D eigenvalue weighted by atomic mass is 16.6. The fourth-order valence-corrected chi connectivity index (χ4v) is 1.96. The van der Waals surface area contributed by atoms with Crippen LogP contribution < -0.4 is 14.8 Å². The molecule has 0 saturated heterocycles. The summed E-state index contributed by atoms with van der Waals surface area (Å²) in [5, 5.41) is 12.1. The van der Waals surface area contributed by atoms with E-state index in [-0.39, 0.29) is 5.56 Å². The van der Waals surface area contributed by atoms with E-state index in [0.717, 1.165) is 0 Å². The minimum atomic E-state index is -1.01. The van der Waals surface area contributed by atoms with Crippen LogP contribution in [0.4, 0.5) is 11.4 Å². The third-order valence-corrected chi connectivity index (χ3v) is 2.87. The molecule has 6 nitrogen and oxygen atoms in total. The summed E-state index contributed by atoms with van der Waals surface area (Å²) >= 11 is 0. The number of aromatic carboxylic acids is 1. The van der Waals surface area contributed by atoms with Crippen LogP contribution in [0.3, 0.4) is 0 Å². The molecule has 6 heteroatoms. The number of carbonyl (C=O) groups is 1. The van der Waals surface area contributed by atoms with Gasteiger partial charge in [-0.05, 0) is 18.2 Å². The Morgan fingerprint density at radius 2 is 2.00 bits per heavy atom. The van der Waals surface area contributed by atoms with Crippen molar-refractivity contribution >= 4 is 17.3 Å². The molecule has 20 heavy (non-hydrogen) atoms. The molecule has 1 aromatic heterocycles. The fourth-order valence-electron chi connectivity index (χ4n) is 1.96. The summed E-state index contributed by atoms with van der Waals surface area (Å²) in [6.07, 6.45) is 2.92. The van der Waals surface area contributed by atoms with E-state index in [9.17, 15) is 4.79 Å². The van der Waals surface area contributed by atoms with Crippen LogP contribution in [0.15, 0.2) is 36.7 Å². The summed E-state index contributed by atoms with van der Waals surface area (Å²) in [4.78, 5) is 15.1. The van der Waals surface area contributed by atoms with Crippen LogP contribution in [0.5, 0.6) is 11.5 Å². The van der Waals surface area contributed by atoms with E-state index in [1.54, 1.807) is 18.2 Å². The van der Waals surface area contributed by atoms with Gasteiger partial charge in [0.1, 0.15) is 13.2 Å². The van der Waals surface area contributed by atoms with E-state index < -0.39 is 5.97 Å². The number of carboxylic acid groups (broad SMARTS) is 1. The van der Waals surface area contributed by atoms with E-state index in [0.29, 0.717) is 36.1 Å². The Morgan fingerprint density at radius 3 is 2.80 bits per heavy atom. The molecule has 2 aromatic rings. The molecule has 0 bridgehead atoms. The topological polar surface area (TPSA) is 80.7 Å². The van der Waals surface area contributed by atoms with E-state index >= 15 is 0 Å². The van der Waals surface area contributed by atoms with E-state index in [1.165, 1.54) is 18.5 Å². The molecule has 0 saturated carbocycles. The predicted octanol–water partition coefficient (Wildman–Crippen LogP) is 2.29. The Labute approximate surface area is 115 Å². The predicted molar refractivity (Wildman–Crippen MR) is 71.9 cm³/mol. The van der Waals surface area contributed by atoms with E-state index in [2.05, 4.69) is 10.3 Å². The number of aromatic nitrogens is 1. The summed E-state index contributed by atoms with van der Waals surface area (Å²) in [7, 11) is 0. The Bertz CT molecular complexity index is 657. The second-order valence-corrected chi connectivity index (χ2v) is 4.21.